The number of carbonyl (C=O) groups is 1. The molecule has 1 heterocycles. The lowest BCUT2D eigenvalue weighted by Gasteiger charge is -2.09. The number of ether oxygens (including phenoxy) is 1. The largest absolute Gasteiger partial charge is 0.460 e. The van der Waals surface area contributed by atoms with E-state index >= 15 is 0 Å². The summed E-state index contributed by atoms with van der Waals surface area (Å²) in [6, 6.07) is 14.6. The zero-order chi connectivity index (χ0) is 18.7. The number of benzene rings is 2. The first kappa shape index (κ1) is 17.5. The van der Waals surface area contributed by atoms with E-state index in [0.717, 1.165) is 11.8 Å². The number of imidazole rings is 1. The quantitative estimate of drug-likeness (QED) is 0.755. The van der Waals surface area contributed by atoms with Gasteiger partial charge in [-0.15, -0.1) is 0 Å². The first-order valence-corrected chi connectivity index (χ1v) is 7.58. The Kier molecular flexibility index (Phi) is 4.66. The molecule has 0 saturated carbocycles. The SMILES string of the molecule is NC(=O)c1ccc(-n2cc(C(F)(F)F)nc2OCc2ccccc2)cc1. The van der Waals surface area contributed by atoms with Crippen molar-refractivity contribution in [2.45, 2.75) is 12.8 Å². The van der Waals surface area contributed by atoms with Crippen molar-refractivity contribution in [3.63, 3.8) is 0 Å². The van der Waals surface area contributed by atoms with Crippen LogP contribution >= 0.6 is 0 Å². The first-order chi connectivity index (χ1) is 12.3. The molecule has 134 valence electrons. The van der Waals surface area contributed by atoms with Crippen molar-refractivity contribution in [1.29, 1.82) is 0 Å². The number of hydrogen-bond donors (Lipinski definition) is 1. The van der Waals surface area contributed by atoms with Crippen molar-refractivity contribution in [3.8, 4) is 11.7 Å². The topological polar surface area (TPSA) is 70.1 Å². The number of primary amides is 1. The Balaban J connectivity index is 1.94. The Bertz CT molecular complexity index is 904. The van der Waals surface area contributed by atoms with Gasteiger partial charge in [0.05, 0.1) is 5.69 Å². The highest BCUT2D eigenvalue weighted by Crippen LogP contribution is 2.32. The zero-order valence-corrected chi connectivity index (χ0v) is 13.4. The lowest BCUT2D eigenvalue weighted by molar-refractivity contribution is -0.141. The molecule has 0 aliphatic rings. The van der Waals surface area contributed by atoms with Crippen molar-refractivity contribution in [2.75, 3.05) is 0 Å². The third kappa shape index (κ3) is 3.85. The van der Waals surface area contributed by atoms with E-state index in [1.807, 2.05) is 6.07 Å². The van der Waals surface area contributed by atoms with Gasteiger partial charge in [-0.2, -0.15) is 18.2 Å². The van der Waals surface area contributed by atoms with Gasteiger partial charge in [0.1, 0.15) is 6.61 Å². The van der Waals surface area contributed by atoms with Gasteiger partial charge in [-0.05, 0) is 29.8 Å². The monoisotopic (exact) mass is 361 g/mol. The van der Waals surface area contributed by atoms with Gasteiger partial charge in [-0.3, -0.25) is 9.36 Å². The number of rotatable bonds is 5. The van der Waals surface area contributed by atoms with Crippen LogP contribution in [0.25, 0.3) is 5.69 Å². The van der Waals surface area contributed by atoms with E-state index < -0.39 is 17.8 Å². The maximum Gasteiger partial charge on any atom is 0.435 e. The Labute approximate surface area is 146 Å². The Morgan fingerprint density at radius 3 is 2.31 bits per heavy atom. The fourth-order valence-electron chi connectivity index (χ4n) is 2.30. The van der Waals surface area contributed by atoms with Gasteiger partial charge in [-0.1, -0.05) is 30.3 Å². The number of nitrogens with two attached hydrogens (primary N) is 1. The van der Waals surface area contributed by atoms with Crippen molar-refractivity contribution in [2.24, 2.45) is 5.73 Å². The van der Waals surface area contributed by atoms with Crippen molar-refractivity contribution < 1.29 is 22.7 Å². The van der Waals surface area contributed by atoms with Gasteiger partial charge in [0.2, 0.25) is 5.91 Å². The molecule has 0 saturated heterocycles. The molecule has 0 fully saturated rings. The predicted molar refractivity (Wildman–Crippen MR) is 87.9 cm³/mol. The van der Waals surface area contributed by atoms with E-state index in [2.05, 4.69) is 4.98 Å². The van der Waals surface area contributed by atoms with Gasteiger partial charge in [0, 0.05) is 11.8 Å². The molecule has 0 atom stereocenters. The van der Waals surface area contributed by atoms with E-state index in [1.54, 1.807) is 24.3 Å². The molecule has 1 amide bonds. The second-order valence-electron chi connectivity index (χ2n) is 5.46. The number of hydrogen-bond acceptors (Lipinski definition) is 3. The van der Waals surface area contributed by atoms with E-state index in [4.69, 9.17) is 10.5 Å². The minimum Gasteiger partial charge on any atom is -0.460 e. The molecular formula is C18H14F3N3O2. The number of nitrogens with zero attached hydrogens (tertiary/aromatic N) is 2. The molecule has 0 radical (unpaired) electrons. The molecule has 26 heavy (non-hydrogen) atoms. The summed E-state index contributed by atoms with van der Waals surface area (Å²) in [6.45, 7) is 0.0640. The second-order valence-corrected chi connectivity index (χ2v) is 5.46. The summed E-state index contributed by atoms with van der Waals surface area (Å²) in [5, 5.41) is 0. The lowest BCUT2D eigenvalue weighted by Crippen LogP contribution is -2.10. The molecular weight excluding hydrogens is 347 g/mol. The van der Waals surface area contributed by atoms with Crippen LogP contribution in [0.3, 0.4) is 0 Å². The summed E-state index contributed by atoms with van der Waals surface area (Å²) in [5.74, 6) is -0.626. The van der Waals surface area contributed by atoms with E-state index in [9.17, 15) is 18.0 Å². The molecule has 3 aromatic rings. The second kappa shape index (κ2) is 6.91. The highest BCUT2D eigenvalue weighted by atomic mass is 19.4. The summed E-state index contributed by atoms with van der Waals surface area (Å²) in [7, 11) is 0. The van der Waals surface area contributed by atoms with E-state index in [0.29, 0.717) is 5.69 Å². The van der Waals surface area contributed by atoms with E-state index in [1.165, 1.54) is 28.8 Å². The van der Waals surface area contributed by atoms with Crippen LogP contribution < -0.4 is 10.5 Å². The van der Waals surface area contributed by atoms with Crippen LogP contribution in [0.5, 0.6) is 6.01 Å². The van der Waals surface area contributed by atoms with Crippen LogP contribution in [-0.2, 0) is 12.8 Å². The molecule has 0 aliphatic heterocycles. The molecule has 8 heteroatoms. The van der Waals surface area contributed by atoms with Gasteiger partial charge < -0.3 is 10.5 Å². The standard InChI is InChI=1S/C18H14F3N3O2/c19-18(20,21)15-10-24(14-8-6-13(7-9-14)16(22)25)17(23-15)26-11-12-4-2-1-3-5-12/h1-10H,11H2,(H2,22,25). The maximum absolute atomic E-state index is 13.0. The molecule has 0 spiro atoms. The molecule has 0 unspecified atom stereocenters. The van der Waals surface area contributed by atoms with Crippen molar-refractivity contribution >= 4 is 5.91 Å². The molecule has 0 aliphatic carbocycles. The van der Waals surface area contributed by atoms with Gasteiger partial charge in [-0.25, -0.2) is 0 Å². The Hall–Kier alpha value is -3.29. The van der Waals surface area contributed by atoms with Crippen LogP contribution in [0.1, 0.15) is 21.6 Å². The summed E-state index contributed by atoms with van der Waals surface area (Å²) >= 11 is 0. The molecule has 2 aromatic carbocycles. The summed E-state index contributed by atoms with van der Waals surface area (Å²) in [6.07, 6.45) is -3.76. The highest BCUT2D eigenvalue weighted by molar-refractivity contribution is 5.92. The first-order valence-electron chi connectivity index (χ1n) is 7.58. The van der Waals surface area contributed by atoms with Crippen LogP contribution in [0, 0.1) is 0 Å². The minimum absolute atomic E-state index is 0.0640. The summed E-state index contributed by atoms with van der Waals surface area (Å²) in [5.41, 5.74) is 5.50. The number of aromatic nitrogens is 2. The van der Waals surface area contributed by atoms with Gasteiger partial charge in [0.15, 0.2) is 5.69 Å². The van der Waals surface area contributed by atoms with Gasteiger partial charge >= 0.3 is 12.2 Å². The normalized spacial score (nSPS) is 11.3. The summed E-state index contributed by atoms with van der Waals surface area (Å²) < 4.78 is 45.8. The van der Waals surface area contributed by atoms with Crippen LogP contribution in [0.2, 0.25) is 0 Å². The Morgan fingerprint density at radius 2 is 1.73 bits per heavy atom. The fourth-order valence-corrected chi connectivity index (χ4v) is 2.30. The average Bonchev–Trinajstić information content (AvgIpc) is 3.05. The third-order valence-electron chi connectivity index (χ3n) is 3.60. The number of amides is 1. The molecule has 2 N–H and O–H groups in total. The number of halogens is 3. The van der Waals surface area contributed by atoms with Crippen LogP contribution in [0.4, 0.5) is 13.2 Å². The molecule has 3 rings (SSSR count). The van der Waals surface area contributed by atoms with Gasteiger partial charge in [0.25, 0.3) is 0 Å². The van der Waals surface area contributed by atoms with Crippen LogP contribution in [0.15, 0.2) is 60.8 Å². The zero-order valence-electron chi connectivity index (χ0n) is 13.4. The number of carbonyl (C=O) groups excluding carboxylic acids is 1. The van der Waals surface area contributed by atoms with E-state index in [-0.39, 0.29) is 18.2 Å². The highest BCUT2D eigenvalue weighted by Gasteiger charge is 2.35. The molecule has 5 nitrogen and oxygen atoms in total. The van der Waals surface area contributed by atoms with Crippen molar-refractivity contribution in [3.05, 3.63) is 77.6 Å². The fraction of sp³-hybridized carbons (Fsp3) is 0.111. The Morgan fingerprint density at radius 1 is 1.08 bits per heavy atom. The molecule has 1 aromatic heterocycles. The van der Waals surface area contributed by atoms with Crippen molar-refractivity contribution in [1.82, 2.24) is 9.55 Å². The lowest BCUT2D eigenvalue weighted by atomic mass is 10.2. The van der Waals surface area contributed by atoms with Crippen LogP contribution in [-0.4, -0.2) is 15.5 Å². The minimum atomic E-state index is -4.61. The predicted octanol–water partition coefficient (Wildman–Crippen LogP) is 3.57. The average molecular weight is 361 g/mol. The smallest absolute Gasteiger partial charge is 0.435 e. The molecule has 0 bridgehead atoms. The third-order valence-corrected chi connectivity index (χ3v) is 3.60. The maximum atomic E-state index is 13.0. The number of alkyl halides is 3. The summed E-state index contributed by atoms with van der Waals surface area (Å²) in [4.78, 5) is 14.7.